The zero-order valence-corrected chi connectivity index (χ0v) is 13.9. The molecule has 0 unspecified atom stereocenters. The predicted octanol–water partition coefficient (Wildman–Crippen LogP) is -0.719. The molecular formula is C13H22N4O9. The summed E-state index contributed by atoms with van der Waals surface area (Å²) in [7, 11) is 0. The Hall–Kier alpha value is -2.96. The first-order chi connectivity index (χ1) is 12.2. The van der Waals surface area contributed by atoms with Crippen molar-refractivity contribution >= 4 is 24.4 Å². The summed E-state index contributed by atoms with van der Waals surface area (Å²) in [6, 6.07) is -1.11. The minimum absolute atomic E-state index is 0.189. The van der Waals surface area contributed by atoms with Gasteiger partial charge in [-0.2, -0.15) is 0 Å². The molecule has 0 aromatic rings. The van der Waals surface area contributed by atoms with Crippen molar-refractivity contribution in [2.75, 3.05) is 52.4 Å². The monoisotopic (exact) mass is 378 g/mol. The highest BCUT2D eigenvalue weighted by Crippen LogP contribution is 2.07. The second kappa shape index (κ2) is 9.50. The van der Waals surface area contributed by atoms with Crippen molar-refractivity contribution in [3.8, 4) is 0 Å². The molecule has 13 heteroatoms. The van der Waals surface area contributed by atoms with E-state index in [2.05, 4.69) is 0 Å². The highest BCUT2D eigenvalue weighted by molar-refractivity contribution is 5.68. The van der Waals surface area contributed by atoms with Crippen LogP contribution in [0.15, 0.2) is 0 Å². The van der Waals surface area contributed by atoms with Gasteiger partial charge >= 0.3 is 24.4 Å². The first-order valence-corrected chi connectivity index (χ1v) is 7.71. The molecule has 0 radical (unpaired) electrons. The first kappa shape index (κ1) is 21.1. The molecule has 1 saturated heterocycles. The van der Waals surface area contributed by atoms with Gasteiger partial charge in [0.15, 0.2) is 0 Å². The third kappa shape index (κ3) is 5.84. The molecule has 1 aliphatic heterocycles. The fraction of sp³-hybridized carbons (Fsp3) is 0.692. The van der Waals surface area contributed by atoms with Crippen LogP contribution in [0.2, 0.25) is 0 Å². The van der Waals surface area contributed by atoms with Crippen LogP contribution < -0.4 is 0 Å². The van der Waals surface area contributed by atoms with E-state index in [9.17, 15) is 44.7 Å². The maximum atomic E-state index is 11.4. The molecule has 1 aliphatic rings. The van der Waals surface area contributed by atoms with Gasteiger partial charge in [0.05, 0.1) is 12.6 Å². The molecule has 4 amide bonds. The van der Waals surface area contributed by atoms with Crippen molar-refractivity contribution in [3.05, 3.63) is 0 Å². The lowest BCUT2D eigenvalue weighted by Gasteiger charge is -2.35. The maximum absolute atomic E-state index is 11.4. The number of carbonyl (C=O) groups is 4. The van der Waals surface area contributed by atoms with Gasteiger partial charge in [-0.05, 0) is 0 Å². The quantitative estimate of drug-likeness (QED) is 0.393. The predicted molar refractivity (Wildman–Crippen MR) is 84.4 cm³/mol. The molecule has 0 aliphatic carbocycles. The van der Waals surface area contributed by atoms with Gasteiger partial charge in [0, 0.05) is 45.8 Å². The van der Waals surface area contributed by atoms with Gasteiger partial charge in [-0.3, -0.25) is 4.90 Å². The molecule has 0 aromatic heterocycles. The fourth-order valence-corrected chi connectivity index (χ4v) is 2.53. The van der Waals surface area contributed by atoms with Crippen LogP contribution >= 0.6 is 0 Å². The lowest BCUT2D eigenvalue weighted by atomic mass is 10.2. The molecule has 1 atom stereocenters. The maximum Gasteiger partial charge on any atom is 0.407 e. The number of hydrogen-bond acceptors (Lipinski definition) is 5. The van der Waals surface area contributed by atoms with E-state index in [-0.39, 0.29) is 45.8 Å². The van der Waals surface area contributed by atoms with E-state index in [4.69, 9.17) is 0 Å². The molecule has 0 saturated carbocycles. The van der Waals surface area contributed by atoms with Crippen LogP contribution in [0.3, 0.4) is 0 Å². The molecule has 1 rings (SSSR count). The van der Waals surface area contributed by atoms with E-state index in [1.54, 1.807) is 0 Å². The third-order valence-corrected chi connectivity index (χ3v) is 4.03. The Bertz CT molecular complexity index is 544. The third-order valence-electron chi connectivity index (χ3n) is 4.03. The van der Waals surface area contributed by atoms with Crippen LogP contribution in [0.4, 0.5) is 19.2 Å². The van der Waals surface area contributed by atoms with E-state index in [0.29, 0.717) is 0 Å². The molecule has 1 heterocycles. The second-order valence-corrected chi connectivity index (χ2v) is 5.58. The van der Waals surface area contributed by atoms with E-state index >= 15 is 0 Å². The fourth-order valence-electron chi connectivity index (χ4n) is 2.53. The van der Waals surface area contributed by atoms with Crippen molar-refractivity contribution in [1.82, 2.24) is 19.6 Å². The molecule has 13 nitrogen and oxygen atoms in total. The summed E-state index contributed by atoms with van der Waals surface area (Å²) < 4.78 is 0. The van der Waals surface area contributed by atoms with Gasteiger partial charge < -0.3 is 40.2 Å². The number of rotatable bonds is 1. The lowest BCUT2D eigenvalue weighted by Crippen LogP contribution is -2.54. The van der Waals surface area contributed by atoms with Gasteiger partial charge in [0.2, 0.25) is 0 Å². The first-order valence-electron chi connectivity index (χ1n) is 7.71. The van der Waals surface area contributed by atoms with Gasteiger partial charge in [0.1, 0.15) is 0 Å². The van der Waals surface area contributed by atoms with E-state index < -0.39 is 37.0 Å². The summed E-state index contributed by atoms with van der Waals surface area (Å²) in [5.41, 5.74) is 0. The number of hydrogen-bond donors (Lipinski definition) is 5. The Labute approximate surface area is 148 Å². The van der Waals surface area contributed by atoms with Gasteiger partial charge in [0.25, 0.3) is 0 Å². The van der Waals surface area contributed by atoms with E-state index in [1.165, 1.54) is 0 Å². The van der Waals surface area contributed by atoms with Gasteiger partial charge in [-0.15, -0.1) is 0 Å². The number of carboxylic acid groups (broad SMARTS) is 4. The van der Waals surface area contributed by atoms with Crippen LogP contribution in [0.5, 0.6) is 0 Å². The SMILES string of the molecule is O=C(O)N1CCN(C(=O)O)CCN(C(=O)O)[C@H](CO)CN(C(=O)O)CC1. The average Bonchev–Trinajstić information content (AvgIpc) is 2.53. The summed E-state index contributed by atoms with van der Waals surface area (Å²) in [6.07, 6.45) is -5.48. The standard InChI is InChI=1S/C13H22N4O9/c18-8-9-7-16(12(23)24)4-3-14(10(19)20)1-2-15(11(21)22)5-6-17(9)13(25)26/h9,18H,1-8H2,(H,19,20)(H,21,22)(H,23,24)(H,25,26)/t9-/m0/s1. The minimum Gasteiger partial charge on any atom is -0.465 e. The van der Waals surface area contributed by atoms with Gasteiger partial charge in [-0.1, -0.05) is 0 Å². The molecule has 0 aromatic carbocycles. The van der Waals surface area contributed by atoms with Crippen LogP contribution in [0.1, 0.15) is 0 Å². The molecule has 0 spiro atoms. The lowest BCUT2D eigenvalue weighted by molar-refractivity contribution is 0.0588. The molecule has 148 valence electrons. The number of nitrogens with zero attached hydrogens (tertiary/aromatic N) is 4. The van der Waals surface area contributed by atoms with Crippen molar-refractivity contribution < 1.29 is 44.7 Å². The highest BCUT2D eigenvalue weighted by Gasteiger charge is 2.29. The minimum atomic E-state index is -1.43. The summed E-state index contributed by atoms with van der Waals surface area (Å²) >= 11 is 0. The molecule has 26 heavy (non-hydrogen) atoms. The summed E-state index contributed by atoms with van der Waals surface area (Å²) in [5.74, 6) is 0. The van der Waals surface area contributed by atoms with Crippen LogP contribution in [-0.4, -0.2) is 128 Å². The molecule has 5 N–H and O–H groups in total. The van der Waals surface area contributed by atoms with E-state index in [1.807, 2.05) is 0 Å². The Balaban J connectivity index is 3.10. The summed E-state index contributed by atoms with van der Waals surface area (Å²) in [6.45, 7) is -2.47. The summed E-state index contributed by atoms with van der Waals surface area (Å²) in [4.78, 5) is 48.7. The number of amides is 4. The molecular weight excluding hydrogens is 356 g/mol. The largest absolute Gasteiger partial charge is 0.465 e. The number of aliphatic hydroxyl groups excluding tert-OH is 1. The Morgan fingerprint density at radius 1 is 0.654 bits per heavy atom. The van der Waals surface area contributed by atoms with Crippen LogP contribution in [0.25, 0.3) is 0 Å². The average molecular weight is 378 g/mol. The zero-order chi connectivity index (χ0) is 19.9. The van der Waals surface area contributed by atoms with Crippen molar-refractivity contribution in [1.29, 1.82) is 0 Å². The molecule has 0 bridgehead atoms. The highest BCUT2D eigenvalue weighted by atomic mass is 16.4. The van der Waals surface area contributed by atoms with Gasteiger partial charge in [-0.25, -0.2) is 19.2 Å². The normalized spacial score (nSPS) is 20.1. The number of aliphatic hydroxyl groups is 1. The van der Waals surface area contributed by atoms with Crippen molar-refractivity contribution in [2.24, 2.45) is 0 Å². The van der Waals surface area contributed by atoms with Crippen LogP contribution in [0, 0.1) is 0 Å². The Morgan fingerprint density at radius 3 is 1.38 bits per heavy atom. The van der Waals surface area contributed by atoms with Crippen LogP contribution in [-0.2, 0) is 0 Å². The Morgan fingerprint density at radius 2 is 1.04 bits per heavy atom. The topological polar surface area (TPSA) is 182 Å². The smallest absolute Gasteiger partial charge is 0.407 e. The molecule has 1 fully saturated rings. The Kier molecular flexibility index (Phi) is 7.71. The van der Waals surface area contributed by atoms with Crippen molar-refractivity contribution in [2.45, 2.75) is 6.04 Å². The zero-order valence-electron chi connectivity index (χ0n) is 13.9. The summed E-state index contributed by atoms with van der Waals surface area (Å²) in [5, 5.41) is 46.4. The van der Waals surface area contributed by atoms with E-state index in [0.717, 1.165) is 19.6 Å². The van der Waals surface area contributed by atoms with Crippen molar-refractivity contribution in [3.63, 3.8) is 0 Å². The second-order valence-electron chi connectivity index (χ2n) is 5.58.